The maximum atomic E-state index is 12.5. The maximum Gasteiger partial charge on any atom is 0.258 e. The minimum absolute atomic E-state index is 0.0999. The molecule has 0 unspecified atom stereocenters. The fourth-order valence-electron chi connectivity index (χ4n) is 2.90. The molecule has 2 aromatic carbocycles. The summed E-state index contributed by atoms with van der Waals surface area (Å²) in [5, 5.41) is 3.16. The van der Waals surface area contributed by atoms with Gasteiger partial charge in [-0.2, -0.15) is 0 Å². The Bertz CT molecular complexity index is 1030. The molecular formula is C21H22N4O3. The first-order chi connectivity index (χ1) is 13.6. The van der Waals surface area contributed by atoms with E-state index in [1.54, 1.807) is 18.2 Å². The normalized spacial score (nSPS) is 10.6. The van der Waals surface area contributed by atoms with E-state index in [1.165, 1.54) is 4.90 Å². The Kier molecular flexibility index (Phi) is 6.16. The van der Waals surface area contributed by atoms with Gasteiger partial charge in [0.2, 0.25) is 11.8 Å². The highest BCUT2D eigenvalue weighted by molar-refractivity contribution is 5.85. The number of hydrogen-bond acceptors (Lipinski definition) is 4. The maximum absolute atomic E-state index is 12.5. The summed E-state index contributed by atoms with van der Waals surface area (Å²) in [4.78, 5) is 45.4. The minimum atomic E-state index is -0.236. The van der Waals surface area contributed by atoms with Gasteiger partial charge in [-0.3, -0.25) is 14.4 Å². The van der Waals surface area contributed by atoms with Crippen LogP contribution in [-0.4, -0.2) is 39.8 Å². The van der Waals surface area contributed by atoms with Crippen molar-refractivity contribution in [3.63, 3.8) is 0 Å². The second kappa shape index (κ2) is 8.94. The lowest BCUT2D eigenvalue weighted by Gasteiger charge is -2.20. The van der Waals surface area contributed by atoms with Crippen LogP contribution in [0.25, 0.3) is 10.9 Å². The number of para-hydroxylation sites is 1. The van der Waals surface area contributed by atoms with E-state index < -0.39 is 0 Å². The van der Waals surface area contributed by atoms with Crippen LogP contribution >= 0.6 is 0 Å². The smallest absolute Gasteiger partial charge is 0.258 e. The van der Waals surface area contributed by atoms with Crippen molar-refractivity contribution in [1.29, 1.82) is 0 Å². The van der Waals surface area contributed by atoms with Crippen molar-refractivity contribution < 1.29 is 9.59 Å². The van der Waals surface area contributed by atoms with Crippen LogP contribution in [0.1, 0.15) is 18.3 Å². The second-order valence-corrected chi connectivity index (χ2v) is 6.38. The Balaban J connectivity index is 1.61. The fraction of sp³-hybridized carbons (Fsp3) is 0.238. The summed E-state index contributed by atoms with van der Waals surface area (Å²) in [6.45, 7) is 2.34. The molecule has 0 aliphatic carbocycles. The third-order valence-electron chi connectivity index (χ3n) is 4.38. The lowest BCUT2D eigenvalue weighted by atomic mass is 10.1. The van der Waals surface area contributed by atoms with E-state index in [0.717, 1.165) is 5.56 Å². The Morgan fingerprint density at radius 1 is 1.07 bits per heavy atom. The minimum Gasteiger partial charge on any atom is -0.347 e. The van der Waals surface area contributed by atoms with Crippen LogP contribution in [0.15, 0.2) is 59.4 Å². The number of aromatic nitrogens is 2. The summed E-state index contributed by atoms with van der Waals surface area (Å²) in [7, 11) is 0. The number of carbonyl (C=O) groups is 2. The summed E-state index contributed by atoms with van der Waals surface area (Å²) >= 11 is 0. The van der Waals surface area contributed by atoms with Gasteiger partial charge in [-0.05, 0) is 24.6 Å². The van der Waals surface area contributed by atoms with Crippen molar-refractivity contribution in [2.45, 2.75) is 19.9 Å². The van der Waals surface area contributed by atoms with E-state index in [4.69, 9.17) is 0 Å². The van der Waals surface area contributed by atoms with Crippen molar-refractivity contribution in [2.24, 2.45) is 0 Å². The predicted molar refractivity (Wildman–Crippen MR) is 107 cm³/mol. The van der Waals surface area contributed by atoms with Crippen LogP contribution in [-0.2, 0) is 22.6 Å². The molecule has 144 valence electrons. The number of likely N-dealkylation sites (N-methyl/N-ethyl adjacent to an activating group) is 1. The fourth-order valence-corrected chi connectivity index (χ4v) is 2.90. The number of hydrogen-bond donors (Lipinski definition) is 2. The molecule has 2 N–H and O–H groups in total. The van der Waals surface area contributed by atoms with Gasteiger partial charge in [-0.1, -0.05) is 42.5 Å². The summed E-state index contributed by atoms with van der Waals surface area (Å²) in [6, 6.07) is 16.4. The Hall–Kier alpha value is -3.48. The highest BCUT2D eigenvalue weighted by Gasteiger charge is 2.15. The molecule has 7 heteroatoms. The zero-order valence-electron chi connectivity index (χ0n) is 15.6. The number of amides is 2. The van der Waals surface area contributed by atoms with Gasteiger partial charge >= 0.3 is 0 Å². The SMILES string of the molecule is CCN(Cc1nc2ccccc2c(=O)[nH]1)C(=O)CNC(=O)Cc1ccccc1. The number of fused-ring (bicyclic) bond motifs is 1. The number of benzene rings is 2. The van der Waals surface area contributed by atoms with E-state index in [1.807, 2.05) is 43.3 Å². The van der Waals surface area contributed by atoms with Gasteiger partial charge in [0.15, 0.2) is 0 Å². The average molecular weight is 378 g/mol. The molecule has 0 fully saturated rings. The largest absolute Gasteiger partial charge is 0.347 e. The van der Waals surface area contributed by atoms with Crippen LogP contribution in [0, 0.1) is 0 Å². The zero-order chi connectivity index (χ0) is 19.9. The second-order valence-electron chi connectivity index (χ2n) is 6.38. The molecule has 0 saturated carbocycles. The van der Waals surface area contributed by atoms with Gasteiger partial charge in [-0.25, -0.2) is 4.98 Å². The van der Waals surface area contributed by atoms with Gasteiger partial charge in [0, 0.05) is 6.54 Å². The van der Waals surface area contributed by atoms with Crippen molar-refractivity contribution in [3.05, 3.63) is 76.3 Å². The average Bonchev–Trinajstić information content (AvgIpc) is 2.71. The summed E-state index contributed by atoms with van der Waals surface area (Å²) in [5.41, 5.74) is 1.24. The molecule has 3 aromatic rings. The molecule has 1 aromatic heterocycles. The monoisotopic (exact) mass is 378 g/mol. The van der Waals surface area contributed by atoms with Crippen molar-refractivity contribution in [2.75, 3.05) is 13.1 Å². The van der Waals surface area contributed by atoms with Crippen LogP contribution < -0.4 is 10.9 Å². The van der Waals surface area contributed by atoms with Crippen LogP contribution in [0.4, 0.5) is 0 Å². The highest BCUT2D eigenvalue weighted by atomic mass is 16.2. The van der Waals surface area contributed by atoms with Crippen LogP contribution in [0.2, 0.25) is 0 Å². The first-order valence-corrected chi connectivity index (χ1v) is 9.13. The number of rotatable bonds is 7. The van der Waals surface area contributed by atoms with E-state index in [-0.39, 0.29) is 36.9 Å². The van der Waals surface area contributed by atoms with Crippen molar-refractivity contribution in [1.82, 2.24) is 20.2 Å². The number of carbonyl (C=O) groups excluding carboxylic acids is 2. The quantitative estimate of drug-likeness (QED) is 0.653. The Labute approximate surface area is 162 Å². The van der Waals surface area contributed by atoms with Gasteiger partial charge < -0.3 is 15.2 Å². The molecule has 3 rings (SSSR count). The summed E-state index contributed by atoms with van der Waals surface area (Å²) < 4.78 is 0. The number of nitrogens with zero attached hydrogens (tertiary/aromatic N) is 2. The van der Waals surface area contributed by atoms with Gasteiger partial charge in [0.25, 0.3) is 5.56 Å². The molecule has 0 aliphatic rings. The number of nitrogens with one attached hydrogen (secondary N) is 2. The molecule has 0 aliphatic heterocycles. The van der Waals surface area contributed by atoms with E-state index in [2.05, 4.69) is 15.3 Å². The van der Waals surface area contributed by atoms with E-state index in [9.17, 15) is 14.4 Å². The Morgan fingerprint density at radius 3 is 2.54 bits per heavy atom. The standard InChI is InChI=1S/C21H22N4O3/c1-2-25(14-18-23-17-11-7-6-10-16(17)21(28)24-18)20(27)13-22-19(26)12-15-8-4-3-5-9-15/h3-11H,2,12-14H2,1H3,(H,22,26)(H,23,24,28). The third kappa shape index (κ3) is 4.82. The number of H-pyrrole nitrogens is 1. The third-order valence-corrected chi connectivity index (χ3v) is 4.38. The zero-order valence-corrected chi connectivity index (χ0v) is 15.6. The highest BCUT2D eigenvalue weighted by Crippen LogP contribution is 2.07. The molecule has 7 nitrogen and oxygen atoms in total. The molecule has 0 atom stereocenters. The van der Waals surface area contributed by atoms with E-state index >= 15 is 0 Å². The van der Waals surface area contributed by atoms with Gasteiger partial charge in [0.05, 0.1) is 30.4 Å². The van der Waals surface area contributed by atoms with E-state index in [0.29, 0.717) is 23.3 Å². The van der Waals surface area contributed by atoms with Crippen molar-refractivity contribution >= 4 is 22.7 Å². The summed E-state index contributed by atoms with van der Waals surface area (Å²) in [6.07, 6.45) is 0.222. The predicted octanol–water partition coefficient (Wildman–Crippen LogP) is 1.63. The van der Waals surface area contributed by atoms with Crippen LogP contribution in [0.3, 0.4) is 0 Å². The molecule has 0 saturated heterocycles. The lowest BCUT2D eigenvalue weighted by Crippen LogP contribution is -2.40. The molecule has 28 heavy (non-hydrogen) atoms. The lowest BCUT2D eigenvalue weighted by molar-refractivity contribution is -0.133. The molecule has 0 bridgehead atoms. The van der Waals surface area contributed by atoms with Gasteiger partial charge in [-0.15, -0.1) is 0 Å². The molecular weight excluding hydrogens is 356 g/mol. The molecule has 2 amide bonds. The van der Waals surface area contributed by atoms with Crippen molar-refractivity contribution in [3.8, 4) is 0 Å². The first kappa shape index (κ1) is 19.3. The van der Waals surface area contributed by atoms with Crippen LogP contribution in [0.5, 0.6) is 0 Å². The Morgan fingerprint density at radius 2 is 1.79 bits per heavy atom. The first-order valence-electron chi connectivity index (χ1n) is 9.13. The number of aromatic amines is 1. The topological polar surface area (TPSA) is 95.2 Å². The molecule has 0 spiro atoms. The summed E-state index contributed by atoms with van der Waals surface area (Å²) in [5.74, 6) is -0.0397. The van der Waals surface area contributed by atoms with Gasteiger partial charge in [0.1, 0.15) is 5.82 Å². The molecule has 0 radical (unpaired) electrons. The molecule has 1 heterocycles.